The van der Waals surface area contributed by atoms with Crippen molar-refractivity contribution in [3.63, 3.8) is 0 Å². The Hall–Kier alpha value is -0.850. The summed E-state index contributed by atoms with van der Waals surface area (Å²) in [6.07, 6.45) is 13.1. The van der Waals surface area contributed by atoms with E-state index >= 15 is 0 Å². The Morgan fingerprint density at radius 1 is 1.15 bits per heavy atom. The van der Waals surface area contributed by atoms with E-state index in [2.05, 4.69) is 19.9 Å². The molecule has 0 amide bonds. The minimum Gasteiger partial charge on any atom is -0.295 e. The Morgan fingerprint density at radius 3 is 2.85 bits per heavy atom. The zero-order valence-corrected chi connectivity index (χ0v) is 12.8. The van der Waals surface area contributed by atoms with Gasteiger partial charge in [-0.25, -0.2) is 0 Å². The highest BCUT2D eigenvalue weighted by Gasteiger charge is 2.49. The molecule has 5 atom stereocenters. The number of hydrogen-bond donors (Lipinski definition) is 0. The van der Waals surface area contributed by atoms with Crippen LogP contribution in [-0.4, -0.2) is 5.78 Å². The van der Waals surface area contributed by atoms with Crippen molar-refractivity contribution in [2.75, 3.05) is 0 Å². The van der Waals surface area contributed by atoms with Gasteiger partial charge in [-0.1, -0.05) is 37.5 Å². The van der Waals surface area contributed by atoms with E-state index in [0.717, 1.165) is 36.5 Å². The summed E-state index contributed by atoms with van der Waals surface area (Å²) < 4.78 is 0. The van der Waals surface area contributed by atoms with Crippen LogP contribution in [0, 0.1) is 29.1 Å². The van der Waals surface area contributed by atoms with Gasteiger partial charge in [0.15, 0.2) is 5.78 Å². The van der Waals surface area contributed by atoms with E-state index in [1.54, 1.807) is 5.57 Å². The SMILES string of the molecule is C[C@H]1CCC2C3CCC4=CC(=O)CC[C@]4(C)C3=CCC21. The number of rotatable bonds is 0. The third kappa shape index (κ3) is 1.64. The number of carbonyl (C=O) groups excluding carboxylic acids is 1. The van der Waals surface area contributed by atoms with E-state index in [1.165, 1.54) is 37.7 Å². The molecule has 0 aliphatic heterocycles. The van der Waals surface area contributed by atoms with Crippen LogP contribution in [-0.2, 0) is 4.79 Å². The number of allylic oxidation sites excluding steroid dienone is 4. The lowest BCUT2D eigenvalue weighted by Gasteiger charge is -2.50. The summed E-state index contributed by atoms with van der Waals surface area (Å²) >= 11 is 0. The van der Waals surface area contributed by atoms with Gasteiger partial charge in [-0.3, -0.25) is 4.79 Å². The molecule has 20 heavy (non-hydrogen) atoms. The average Bonchev–Trinajstić information content (AvgIpc) is 2.82. The number of hydrogen-bond acceptors (Lipinski definition) is 1. The first kappa shape index (κ1) is 12.9. The summed E-state index contributed by atoms with van der Waals surface area (Å²) in [5.74, 6) is 4.01. The molecule has 1 heteroatoms. The predicted molar refractivity (Wildman–Crippen MR) is 81.2 cm³/mol. The lowest BCUT2D eigenvalue weighted by atomic mass is 9.54. The largest absolute Gasteiger partial charge is 0.295 e. The number of carbonyl (C=O) groups is 1. The quantitative estimate of drug-likeness (QED) is 0.584. The standard InChI is InChI=1S/C19H26O/c1-12-3-5-16-15(12)7-8-18-17(16)6-4-13-11-14(20)9-10-19(13,18)2/h8,11-12,15-17H,3-7,9-10H2,1-2H3/t12-,15?,16?,17?,19-/m0/s1. The topological polar surface area (TPSA) is 17.1 Å². The first-order valence-corrected chi connectivity index (χ1v) is 8.54. The summed E-state index contributed by atoms with van der Waals surface area (Å²) in [7, 11) is 0. The molecular weight excluding hydrogens is 244 g/mol. The summed E-state index contributed by atoms with van der Waals surface area (Å²) in [6, 6.07) is 0. The first-order chi connectivity index (χ1) is 9.59. The van der Waals surface area contributed by atoms with Crippen molar-refractivity contribution in [3.8, 4) is 0 Å². The highest BCUT2D eigenvalue weighted by atomic mass is 16.1. The Kier molecular flexibility index (Phi) is 2.78. The Morgan fingerprint density at radius 2 is 2.00 bits per heavy atom. The molecule has 0 N–H and O–H groups in total. The maximum Gasteiger partial charge on any atom is 0.155 e. The maximum atomic E-state index is 11.7. The van der Waals surface area contributed by atoms with E-state index in [4.69, 9.17) is 0 Å². The molecule has 3 unspecified atom stereocenters. The van der Waals surface area contributed by atoms with E-state index in [1.807, 2.05) is 6.08 Å². The van der Waals surface area contributed by atoms with Gasteiger partial charge in [0.25, 0.3) is 0 Å². The van der Waals surface area contributed by atoms with E-state index in [0.29, 0.717) is 5.78 Å². The third-order valence-electron chi connectivity index (χ3n) is 7.04. The molecule has 0 radical (unpaired) electrons. The number of fused-ring (bicyclic) bond motifs is 5. The van der Waals surface area contributed by atoms with Crippen LogP contribution < -0.4 is 0 Å². The molecule has 4 rings (SSSR count). The van der Waals surface area contributed by atoms with Gasteiger partial charge in [0.05, 0.1) is 0 Å². The van der Waals surface area contributed by atoms with Crippen LogP contribution in [0.4, 0.5) is 0 Å². The van der Waals surface area contributed by atoms with Crippen molar-refractivity contribution < 1.29 is 4.79 Å². The fraction of sp³-hybridized carbons (Fsp3) is 0.737. The van der Waals surface area contributed by atoms with Gasteiger partial charge in [0.2, 0.25) is 0 Å². The molecule has 0 aromatic rings. The van der Waals surface area contributed by atoms with Crippen molar-refractivity contribution in [1.29, 1.82) is 0 Å². The molecule has 4 aliphatic rings. The second-order valence-corrected chi connectivity index (χ2v) is 7.89. The van der Waals surface area contributed by atoms with Crippen molar-refractivity contribution in [1.82, 2.24) is 0 Å². The minimum absolute atomic E-state index is 0.230. The highest BCUT2D eigenvalue weighted by Crippen LogP contribution is 2.60. The van der Waals surface area contributed by atoms with E-state index in [-0.39, 0.29) is 5.41 Å². The van der Waals surface area contributed by atoms with E-state index in [9.17, 15) is 4.79 Å². The second kappa shape index (κ2) is 4.32. The first-order valence-electron chi connectivity index (χ1n) is 8.54. The maximum absolute atomic E-state index is 11.7. The predicted octanol–water partition coefficient (Wildman–Crippen LogP) is 4.68. The molecule has 4 aliphatic carbocycles. The van der Waals surface area contributed by atoms with E-state index < -0.39 is 0 Å². The molecule has 0 heterocycles. The van der Waals surface area contributed by atoms with Crippen molar-refractivity contribution in [2.24, 2.45) is 29.1 Å². The van der Waals surface area contributed by atoms with Gasteiger partial charge in [-0.2, -0.15) is 0 Å². The molecule has 1 nitrogen and oxygen atoms in total. The van der Waals surface area contributed by atoms with Crippen LogP contribution in [0.5, 0.6) is 0 Å². The van der Waals surface area contributed by atoms with Crippen LogP contribution in [0.1, 0.15) is 58.8 Å². The van der Waals surface area contributed by atoms with Gasteiger partial charge in [0.1, 0.15) is 0 Å². The Bertz CT molecular complexity index is 512. The van der Waals surface area contributed by atoms with Crippen LogP contribution >= 0.6 is 0 Å². The average molecular weight is 270 g/mol. The summed E-state index contributed by atoms with van der Waals surface area (Å²) in [6.45, 7) is 4.88. The monoisotopic (exact) mass is 270 g/mol. The Balaban J connectivity index is 1.73. The minimum atomic E-state index is 0.230. The second-order valence-electron chi connectivity index (χ2n) is 7.89. The van der Waals surface area contributed by atoms with Gasteiger partial charge < -0.3 is 0 Å². The molecule has 0 aromatic heterocycles. The third-order valence-corrected chi connectivity index (χ3v) is 7.04. The molecule has 2 fully saturated rings. The van der Waals surface area contributed by atoms with Gasteiger partial charge in [-0.15, -0.1) is 0 Å². The van der Waals surface area contributed by atoms with Crippen molar-refractivity contribution >= 4 is 5.78 Å². The van der Waals surface area contributed by atoms with Gasteiger partial charge in [-0.05, 0) is 61.9 Å². The molecule has 108 valence electrons. The molecule has 0 spiro atoms. The fourth-order valence-electron chi connectivity index (χ4n) is 5.81. The van der Waals surface area contributed by atoms with Gasteiger partial charge in [0, 0.05) is 11.8 Å². The normalized spacial score (nSPS) is 47.0. The zero-order chi connectivity index (χ0) is 13.9. The molecule has 0 aromatic carbocycles. The van der Waals surface area contributed by atoms with Crippen LogP contribution in [0.15, 0.2) is 23.3 Å². The lowest BCUT2D eigenvalue weighted by molar-refractivity contribution is -0.115. The summed E-state index contributed by atoms with van der Waals surface area (Å²) in [5.41, 5.74) is 3.40. The molecular formula is C19H26O. The molecule has 0 bridgehead atoms. The number of ketones is 1. The zero-order valence-electron chi connectivity index (χ0n) is 12.8. The molecule has 2 saturated carbocycles. The van der Waals surface area contributed by atoms with Gasteiger partial charge >= 0.3 is 0 Å². The van der Waals surface area contributed by atoms with Crippen LogP contribution in [0.25, 0.3) is 0 Å². The Labute approximate surface area is 122 Å². The van der Waals surface area contributed by atoms with Crippen LogP contribution in [0.3, 0.4) is 0 Å². The van der Waals surface area contributed by atoms with Crippen molar-refractivity contribution in [2.45, 2.75) is 58.8 Å². The smallest absolute Gasteiger partial charge is 0.155 e. The summed E-state index contributed by atoms with van der Waals surface area (Å²) in [5, 5.41) is 0. The van der Waals surface area contributed by atoms with Crippen LogP contribution in [0.2, 0.25) is 0 Å². The fourth-order valence-corrected chi connectivity index (χ4v) is 5.81. The summed E-state index contributed by atoms with van der Waals surface area (Å²) in [4.78, 5) is 11.7. The molecule has 0 saturated heterocycles. The highest BCUT2D eigenvalue weighted by molar-refractivity contribution is 5.92. The van der Waals surface area contributed by atoms with Crippen molar-refractivity contribution in [3.05, 3.63) is 23.3 Å². The lowest BCUT2D eigenvalue weighted by Crippen LogP contribution is -2.40.